The lowest BCUT2D eigenvalue weighted by Gasteiger charge is -2.11. The van der Waals surface area contributed by atoms with Crippen molar-refractivity contribution in [3.63, 3.8) is 0 Å². The highest BCUT2D eigenvalue weighted by Crippen LogP contribution is 2.16. The van der Waals surface area contributed by atoms with Crippen LogP contribution in [0.1, 0.15) is 29.9 Å². The SMILES string of the molecule is CNC(C)c1ccc(-n2nc(C)cc2C)cc1. The maximum Gasteiger partial charge on any atom is 0.0648 e. The number of aromatic nitrogens is 2. The first-order valence-electron chi connectivity index (χ1n) is 5.92. The second-order valence-electron chi connectivity index (χ2n) is 4.44. The molecule has 0 saturated heterocycles. The van der Waals surface area contributed by atoms with Gasteiger partial charge in [-0.2, -0.15) is 5.10 Å². The van der Waals surface area contributed by atoms with Gasteiger partial charge in [0.2, 0.25) is 0 Å². The van der Waals surface area contributed by atoms with Crippen molar-refractivity contribution in [3.05, 3.63) is 47.3 Å². The number of rotatable bonds is 3. The Morgan fingerprint density at radius 3 is 2.29 bits per heavy atom. The first-order chi connectivity index (χ1) is 8.11. The van der Waals surface area contributed by atoms with Crippen LogP contribution in [0.25, 0.3) is 5.69 Å². The van der Waals surface area contributed by atoms with Crippen LogP contribution in [-0.2, 0) is 0 Å². The summed E-state index contributed by atoms with van der Waals surface area (Å²) in [6, 6.07) is 11.0. The number of hydrogen-bond acceptors (Lipinski definition) is 2. The molecule has 3 heteroatoms. The molecule has 1 unspecified atom stereocenters. The van der Waals surface area contributed by atoms with E-state index in [1.165, 1.54) is 5.56 Å². The molecule has 1 N–H and O–H groups in total. The minimum Gasteiger partial charge on any atom is -0.313 e. The zero-order chi connectivity index (χ0) is 12.4. The van der Waals surface area contributed by atoms with Crippen molar-refractivity contribution in [2.75, 3.05) is 7.05 Å². The summed E-state index contributed by atoms with van der Waals surface area (Å²) >= 11 is 0. The molecule has 0 amide bonds. The van der Waals surface area contributed by atoms with Crippen molar-refractivity contribution in [1.82, 2.24) is 15.1 Å². The predicted molar refractivity (Wildman–Crippen MR) is 70.5 cm³/mol. The monoisotopic (exact) mass is 229 g/mol. The van der Waals surface area contributed by atoms with E-state index in [0.717, 1.165) is 17.1 Å². The van der Waals surface area contributed by atoms with Gasteiger partial charge < -0.3 is 5.32 Å². The quantitative estimate of drug-likeness (QED) is 0.877. The van der Waals surface area contributed by atoms with Gasteiger partial charge in [-0.05, 0) is 51.6 Å². The van der Waals surface area contributed by atoms with Crippen LogP contribution in [0.15, 0.2) is 30.3 Å². The van der Waals surface area contributed by atoms with Crippen molar-refractivity contribution in [2.24, 2.45) is 0 Å². The van der Waals surface area contributed by atoms with Gasteiger partial charge in [0.25, 0.3) is 0 Å². The molecule has 0 aliphatic rings. The maximum atomic E-state index is 4.48. The molecule has 0 spiro atoms. The highest BCUT2D eigenvalue weighted by molar-refractivity contribution is 5.36. The van der Waals surface area contributed by atoms with Crippen LogP contribution >= 0.6 is 0 Å². The smallest absolute Gasteiger partial charge is 0.0648 e. The second-order valence-corrected chi connectivity index (χ2v) is 4.44. The van der Waals surface area contributed by atoms with Gasteiger partial charge in [-0.15, -0.1) is 0 Å². The van der Waals surface area contributed by atoms with Crippen LogP contribution in [0.3, 0.4) is 0 Å². The number of aryl methyl sites for hydroxylation is 2. The lowest BCUT2D eigenvalue weighted by Crippen LogP contribution is -2.12. The van der Waals surface area contributed by atoms with Crippen LogP contribution < -0.4 is 5.32 Å². The molecule has 0 aliphatic heterocycles. The van der Waals surface area contributed by atoms with Crippen molar-refractivity contribution < 1.29 is 0 Å². The van der Waals surface area contributed by atoms with E-state index in [2.05, 4.69) is 54.6 Å². The molecule has 3 nitrogen and oxygen atoms in total. The first kappa shape index (κ1) is 11.9. The van der Waals surface area contributed by atoms with Gasteiger partial charge in [0.15, 0.2) is 0 Å². The second kappa shape index (κ2) is 4.72. The van der Waals surface area contributed by atoms with E-state index in [1.54, 1.807) is 0 Å². The van der Waals surface area contributed by atoms with Gasteiger partial charge in [-0.25, -0.2) is 4.68 Å². The normalized spacial score (nSPS) is 12.7. The minimum absolute atomic E-state index is 0.379. The molecule has 0 aliphatic carbocycles. The summed E-state index contributed by atoms with van der Waals surface area (Å²) in [4.78, 5) is 0. The van der Waals surface area contributed by atoms with Crippen molar-refractivity contribution >= 4 is 0 Å². The predicted octanol–water partition coefficient (Wildman–Crippen LogP) is 2.77. The average molecular weight is 229 g/mol. The third-order valence-corrected chi connectivity index (χ3v) is 3.08. The molecule has 2 rings (SSSR count). The van der Waals surface area contributed by atoms with Gasteiger partial charge in [0.1, 0.15) is 0 Å². The summed E-state index contributed by atoms with van der Waals surface area (Å²) < 4.78 is 1.98. The van der Waals surface area contributed by atoms with Crippen LogP contribution in [0.2, 0.25) is 0 Å². The first-order valence-corrected chi connectivity index (χ1v) is 5.92. The average Bonchev–Trinajstić information content (AvgIpc) is 2.68. The molecule has 1 atom stereocenters. The summed E-state index contributed by atoms with van der Waals surface area (Å²) in [6.45, 7) is 6.24. The largest absolute Gasteiger partial charge is 0.313 e. The summed E-state index contributed by atoms with van der Waals surface area (Å²) in [5.41, 5.74) is 4.62. The third-order valence-electron chi connectivity index (χ3n) is 3.08. The fourth-order valence-corrected chi connectivity index (χ4v) is 1.96. The molecule has 1 aromatic carbocycles. The highest BCUT2D eigenvalue weighted by Gasteiger charge is 2.05. The fourth-order valence-electron chi connectivity index (χ4n) is 1.96. The van der Waals surface area contributed by atoms with Crippen LogP contribution in [-0.4, -0.2) is 16.8 Å². The Bertz CT molecular complexity index is 497. The number of nitrogens with one attached hydrogen (secondary N) is 1. The van der Waals surface area contributed by atoms with Gasteiger partial charge in [0.05, 0.1) is 11.4 Å². The molecule has 17 heavy (non-hydrogen) atoms. The molecule has 0 fully saturated rings. The van der Waals surface area contributed by atoms with E-state index < -0.39 is 0 Å². The van der Waals surface area contributed by atoms with Gasteiger partial charge in [0, 0.05) is 11.7 Å². The highest BCUT2D eigenvalue weighted by atomic mass is 15.3. The van der Waals surface area contributed by atoms with Crippen molar-refractivity contribution in [3.8, 4) is 5.69 Å². The van der Waals surface area contributed by atoms with Crippen molar-refractivity contribution in [2.45, 2.75) is 26.8 Å². The topological polar surface area (TPSA) is 29.9 Å². The Morgan fingerprint density at radius 1 is 1.18 bits per heavy atom. The Labute approximate surface area is 102 Å². The van der Waals surface area contributed by atoms with E-state index in [4.69, 9.17) is 0 Å². The minimum atomic E-state index is 0.379. The molecule has 1 heterocycles. The van der Waals surface area contributed by atoms with Crippen LogP contribution in [0.4, 0.5) is 0 Å². The Hall–Kier alpha value is -1.61. The van der Waals surface area contributed by atoms with E-state index in [1.807, 2.05) is 18.7 Å². The van der Waals surface area contributed by atoms with Gasteiger partial charge in [-0.1, -0.05) is 12.1 Å². The molecule has 0 bridgehead atoms. The van der Waals surface area contributed by atoms with Gasteiger partial charge in [-0.3, -0.25) is 0 Å². The summed E-state index contributed by atoms with van der Waals surface area (Å²) in [7, 11) is 1.97. The summed E-state index contributed by atoms with van der Waals surface area (Å²) in [5.74, 6) is 0. The molecular formula is C14H19N3. The molecule has 2 aromatic rings. The van der Waals surface area contributed by atoms with E-state index in [-0.39, 0.29) is 0 Å². The van der Waals surface area contributed by atoms with Gasteiger partial charge >= 0.3 is 0 Å². The lowest BCUT2D eigenvalue weighted by atomic mass is 10.1. The number of hydrogen-bond donors (Lipinski definition) is 1. The van der Waals surface area contributed by atoms with Crippen LogP contribution in [0, 0.1) is 13.8 Å². The molecule has 90 valence electrons. The molecule has 1 aromatic heterocycles. The Morgan fingerprint density at radius 2 is 1.82 bits per heavy atom. The summed E-state index contributed by atoms with van der Waals surface area (Å²) in [5, 5.41) is 7.71. The third kappa shape index (κ3) is 2.39. The Kier molecular flexibility index (Phi) is 3.29. The van der Waals surface area contributed by atoms with E-state index in [0.29, 0.717) is 6.04 Å². The maximum absolute atomic E-state index is 4.48. The standard InChI is InChI=1S/C14H19N3/c1-10-9-11(2)17(16-10)14-7-5-13(6-8-14)12(3)15-4/h5-9,12,15H,1-4H3. The Balaban J connectivity index is 2.32. The number of benzene rings is 1. The number of nitrogens with zero attached hydrogens (tertiary/aromatic N) is 2. The lowest BCUT2D eigenvalue weighted by molar-refractivity contribution is 0.652. The zero-order valence-corrected chi connectivity index (χ0v) is 10.9. The fraction of sp³-hybridized carbons (Fsp3) is 0.357. The summed E-state index contributed by atoms with van der Waals surface area (Å²) in [6.07, 6.45) is 0. The van der Waals surface area contributed by atoms with Crippen molar-refractivity contribution in [1.29, 1.82) is 0 Å². The van der Waals surface area contributed by atoms with Crippen LogP contribution in [0.5, 0.6) is 0 Å². The van der Waals surface area contributed by atoms with E-state index >= 15 is 0 Å². The molecule has 0 radical (unpaired) electrons. The van der Waals surface area contributed by atoms with E-state index in [9.17, 15) is 0 Å². The molecular weight excluding hydrogens is 210 g/mol. The zero-order valence-electron chi connectivity index (χ0n) is 10.9. The molecule has 0 saturated carbocycles.